The molecule has 0 aliphatic carbocycles. The first-order valence-corrected chi connectivity index (χ1v) is 14.1. The average Bonchev–Trinajstić information content (AvgIpc) is 3.50. The number of benzene rings is 2. The molecule has 3 heterocycles. The van der Waals surface area contributed by atoms with Crippen molar-refractivity contribution >= 4 is 46.4 Å². The molecule has 41 heavy (non-hydrogen) atoms. The molecule has 2 amide bonds. The summed E-state index contributed by atoms with van der Waals surface area (Å²) in [5.74, 6) is 0.190. The van der Waals surface area contributed by atoms with Gasteiger partial charge in [0.15, 0.2) is 34.5 Å². The van der Waals surface area contributed by atoms with Crippen molar-refractivity contribution in [1.29, 1.82) is 0 Å². The Hall–Kier alpha value is -4.04. The molecule has 4 atom stereocenters. The van der Waals surface area contributed by atoms with Crippen molar-refractivity contribution in [3.63, 3.8) is 0 Å². The van der Waals surface area contributed by atoms with Crippen LogP contribution in [-0.2, 0) is 20.0 Å². The number of para-hydroxylation sites is 1. The van der Waals surface area contributed by atoms with Crippen molar-refractivity contribution in [3.05, 3.63) is 72.6 Å². The highest BCUT2D eigenvalue weighted by molar-refractivity contribution is 7.98. The predicted molar refractivity (Wildman–Crippen MR) is 152 cm³/mol. The lowest BCUT2D eigenvalue weighted by Gasteiger charge is -2.23. The maximum Gasteiger partial charge on any atom is 0.324 e. The van der Waals surface area contributed by atoms with Gasteiger partial charge in [0.1, 0.15) is 18.5 Å². The van der Waals surface area contributed by atoms with Crippen LogP contribution in [-0.4, -0.2) is 66.7 Å². The quantitative estimate of drug-likeness (QED) is 0.161. The van der Waals surface area contributed by atoms with Gasteiger partial charge in [0, 0.05) is 17.9 Å². The van der Waals surface area contributed by atoms with Gasteiger partial charge >= 0.3 is 12.0 Å². The normalized spacial score (nSPS) is 20.2. The summed E-state index contributed by atoms with van der Waals surface area (Å²) in [5.41, 5.74) is 2.20. The number of nitrogens with zero attached hydrogens (tertiary/aromatic N) is 4. The van der Waals surface area contributed by atoms with Gasteiger partial charge in [-0.2, -0.15) is 0 Å². The number of amides is 2. The zero-order valence-electron chi connectivity index (χ0n) is 22.2. The lowest BCUT2D eigenvalue weighted by Crippen LogP contribution is -2.37. The minimum absolute atomic E-state index is 0.153. The molecule has 13 heteroatoms. The molecule has 1 fully saturated rings. The number of rotatable bonds is 10. The maximum atomic E-state index is 12.8. The number of hydrogen-bond donors (Lipinski definition) is 4. The maximum absolute atomic E-state index is 12.8. The predicted octanol–water partition coefficient (Wildman–Crippen LogP) is 3.73. The van der Waals surface area contributed by atoms with E-state index in [1.807, 2.05) is 43.3 Å². The Morgan fingerprint density at radius 2 is 1.80 bits per heavy atom. The molecule has 2 unspecified atom stereocenters. The van der Waals surface area contributed by atoms with Gasteiger partial charge in [-0.3, -0.25) is 14.7 Å². The van der Waals surface area contributed by atoms with E-state index >= 15 is 0 Å². The van der Waals surface area contributed by atoms with Crippen molar-refractivity contribution in [2.75, 3.05) is 17.2 Å². The lowest BCUT2D eigenvalue weighted by atomic mass is 10.1. The second-order valence-corrected chi connectivity index (χ2v) is 10.3. The second kappa shape index (κ2) is 13.1. The van der Waals surface area contributed by atoms with Gasteiger partial charge < -0.3 is 25.0 Å². The van der Waals surface area contributed by atoms with Crippen LogP contribution in [0.15, 0.2) is 72.1 Å². The van der Waals surface area contributed by atoms with Crippen LogP contribution in [0.4, 0.5) is 16.3 Å². The molecule has 214 valence electrons. The number of anilines is 2. The number of imidazole rings is 1. The van der Waals surface area contributed by atoms with Crippen molar-refractivity contribution in [2.45, 2.75) is 55.2 Å². The largest absolute Gasteiger partial charge is 0.455 e. The number of aromatic nitrogens is 4. The molecule has 0 radical (unpaired) electrons. The third-order valence-electron chi connectivity index (χ3n) is 6.39. The highest BCUT2D eigenvalue weighted by Gasteiger charge is 2.48. The minimum Gasteiger partial charge on any atom is -0.455 e. The van der Waals surface area contributed by atoms with Gasteiger partial charge in [-0.05, 0) is 24.1 Å². The Labute approximate surface area is 240 Å². The number of hydrogen-bond acceptors (Lipinski definition) is 10. The Morgan fingerprint density at radius 1 is 1.07 bits per heavy atom. The van der Waals surface area contributed by atoms with E-state index in [0.717, 1.165) is 5.56 Å². The number of fused-ring (bicyclic) bond motifs is 1. The first-order chi connectivity index (χ1) is 20.0. The van der Waals surface area contributed by atoms with Gasteiger partial charge in [-0.15, -0.1) is 0 Å². The number of urea groups is 1. The SMILES string of the molecule is CCCC(=O)OC1C(O)[C@@H](CO)O[C@H]1n1c(SCc2ccccc2)nc2c(NC(=O)Nc3ccccc3)ncnc21. The van der Waals surface area contributed by atoms with Gasteiger partial charge in [-0.25, -0.2) is 19.7 Å². The summed E-state index contributed by atoms with van der Waals surface area (Å²) in [6, 6.07) is 18.2. The highest BCUT2D eigenvalue weighted by Crippen LogP contribution is 2.39. The Bertz CT molecular complexity index is 1490. The van der Waals surface area contributed by atoms with E-state index in [2.05, 4.69) is 20.6 Å². The van der Waals surface area contributed by atoms with Crippen molar-refractivity contribution < 1.29 is 29.3 Å². The van der Waals surface area contributed by atoms with Crippen LogP contribution in [0.25, 0.3) is 11.2 Å². The zero-order chi connectivity index (χ0) is 28.8. The molecule has 0 saturated carbocycles. The van der Waals surface area contributed by atoms with Gasteiger partial charge in [0.05, 0.1) is 6.61 Å². The molecule has 2 aromatic heterocycles. The molecule has 0 spiro atoms. The van der Waals surface area contributed by atoms with Crippen LogP contribution in [0, 0.1) is 0 Å². The number of aliphatic hydroxyl groups excluding tert-OH is 2. The summed E-state index contributed by atoms with van der Waals surface area (Å²) in [5, 5.41) is 26.7. The highest BCUT2D eigenvalue weighted by atomic mass is 32.2. The number of thioether (sulfide) groups is 1. The topological polar surface area (TPSA) is 161 Å². The second-order valence-electron chi connectivity index (χ2n) is 9.32. The van der Waals surface area contributed by atoms with Crippen LogP contribution >= 0.6 is 11.8 Å². The van der Waals surface area contributed by atoms with Gasteiger partial charge in [0.2, 0.25) is 0 Å². The lowest BCUT2D eigenvalue weighted by molar-refractivity contribution is -0.158. The number of nitrogens with one attached hydrogen (secondary N) is 2. The summed E-state index contributed by atoms with van der Waals surface area (Å²) in [6.45, 7) is 1.36. The van der Waals surface area contributed by atoms with E-state index in [9.17, 15) is 19.8 Å². The van der Waals surface area contributed by atoms with Crippen molar-refractivity contribution in [2.24, 2.45) is 0 Å². The molecule has 4 N–H and O–H groups in total. The molecular weight excluding hydrogens is 548 g/mol. The van der Waals surface area contributed by atoms with Crippen LogP contribution in [0.3, 0.4) is 0 Å². The van der Waals surface area contributed by atoms with Crippen molar-refractivity contribution in [3.8, 4) is 0 Å². The van der Waals surface area contributed by atoms with E-state index in [-0.39, 0.29) is 23.4 Å². The summed E-state index contributed by atoms with van der Waals surface area (Å²) in [4.78, 5) is 38.7. The molecule has 2 aromatic carbocycles. The molecule has 12 nitrogen and oxygen atoms in total. The molecule has 4 aromatic rings. The van der Waals surface area contributed by atoms with Crippen LogP contribution in [0.5, 0.6) is 0 Å². The van der Waals surface area contributed by atoms with Gasteiger partial charge in [0.25, 0.3) is 0 Å². The molecule has 1 aliphatic heterocycles. The van der Waals surface area contributed by atoms with E-state index in [0.29, 0.717) is 23.0 Å². The standard InChI is InChI=1S/C28H30N6O6S/c1-2-9-20(36)40-23-22(37)19(14-35)39-26(23)34-25-21(32-28(34)41-15-17-10-5-3-6-11-17)24(29-16-30-25)33-27(38)31-18-12-7-4-8-13-18/h3-8,10-13,16,19,22-23,26,35,37H,2,9,14-15H2,1H3,(H2,29,30,31,33,38)/t19-,22?,23?,26-/m1/s1. The fraction of sp³-hybridized carbons (Fsp3) is 0.321. The number of esters is 1. The molecule has 5 rings (SSSR count). The molecular formula is C28H30N6O6S. The van der Waals surface area contributed by atoms with Crippen LogP contribution in [0.1, 0.15) is 31.6 Å². The summed E-state index contributed by atoms with van der Waals surface area (Å²) >= 11 is 1.38. The Morgan fingerprint density at radius 3 is 2.51 bits per heavy atom. The average molecular weight is 579 g/mol. The first-order valence-electron chi connectivity index (χ1n) is 13.1. The van der Waals surface area contributed by atoms with E-state index in [1.165, 1.54) is 18.1 Å². The first kappa shape index (κ1) is 28.5. The zero-order valence-corrected chi connectivity index (χ0v) is 23.0. The van der Waals surface area contributed by atoms with E-state index < -0.39 is 43.1 Å². The number of carbonyl (C=O) groups is 2. The molecule has 1 saturated heterocycles. The Kier molecular flexibility index (Phi) is 9.09. The van der Waals surface area contributed by atoms with Crippen molar-refractivity contribution in [1.82, 2.24) is 19.5 Å². The monoisotopic (exact) mass is 578 g/mol. The summed E-state index contributed by atoms with van der Waals surface area (Å²) in [7, 11) is 0. The third-order valence-corrected chi connectivity index (χ3v) is 7.41. The van der Waals surface area contributed by atoms with Crippen LogP contribution in [0.2, 0.25) is 0 Å². The van der Waals surface area contributed by atoms with E-state index in [4.69, 9.17) is 14.5 Å². The molecule has 0 bridgehead atoms. The number of ether oxygens (including phenoxy) is 2. The number of carbonyl (C=O) groups excluding carboxylic acids is 2. The fourth-order valence-electron chi connectivity index (χ4n) is 4.44. The summed E-state index contributed by atoms with van der Waals surface area (Å²) < 4.78 is 13.3. The smallest absolute Gasteiger partial charge is 0.324 e. The number of aliphatic hydroxyl groups is 2. The Balaban J connectivity index is 1.53. The fourth-order valence-corrected chi connectivity index (χ4v) is 5.42. The summed E-state index contributed by atoms with van der Waals surface area (Å²) in [6.07, 6.45) is -2.47. The van der Waals surface area contributed by atoms with Crippen LogP contribution < -0.4 is 10.6 Å². The van der Waals surface area contributed by atoms with E-state index in [1.54, 1.807) is 28.8 Å². The minimum atomic E-state index is -1.29. The van der Waals surface area contributed by atoms with Gasteiger partial charge in [-0.1, -0.05) is 67.2 Å². The third kappa shape index (κ3) is 6.49. The molecule has 1 aliphatic rings.